The smallest absolute Gasteiger partial charge is 0.153 e. The standard InChI is InChI=1S/C11H18N2O2/c1-8(5-6-15-4)13-10(3)11(7-14)9(2)12-13/h7-8H,5-6H2,1-4H3. The van der Waals surface area contributed by atoms with Crippen molar-refractivity contribution in [1.82, 2.24) is 9.78 Å². The maximum Gasteiger partial charge on any atom is 0.153 e. The van der Waals surface area contributed by atoms with E-state index in [2.05, 4.69) is 12.0 Å². The van der Waals surface area contributed by atoms with E-state index in [-0.39, 0.29) is 6.04 Å². The summed E-state index contributed by atoms with van der Waals surface area (Å²) in [7, 11) is 1.69. The average Bonchev–Trinajstić information content (AvgIpc) is 2.50. The van der Waals surface area contributed by atoms with Crippen molar-refractivity contribution in [1.29, 1.82) is 0 Å². The van der Waals surface area contributed by atoms with Gasteiger partial charge in [-0.25, -0.2) is 0 Å². The third-order valence-corrected chi connectivity index (χ3v) is 2.66. The van der Waals surface area contributed by atoms with E-state index in [1.807, 2.05) is 18.5 Å². The molecule has 0 radical (unpaired) electrons. The minimum absolute atomic E-state index is 0.261. The minimum atomic E-state index is 0.261. The Hall–Kier alpha value is -1.16. The summed E-state index contributed by atoms with van der Waals surface area (Å²) in [6, 6.07) is 0.261. The van der Waals surface area contributed by atoms with Crippen LogP contribution in [0.4, 0.5) is 0 Å². The highest BCUT2D eigenvalue weighted by atomic mass is 16.5. The van der Waals surface area contributed by atoms with Gasteiger partial charge >= 0.3 is 0 Å². The van der Waals surface area contributed by atoms with Gasteiger partial charge in [0.25, 0.3) is 0 Å². The van der Waals surface area contributed by atoms with Crippen LogP contribution in [0.2, 0.25) is 0 Å². The molecule has 84 valence electrons. The third kappa shape index (κ3) is 2.45. The fraction of sp³-hybridized carbons (Fsp3) is 0.636. The Morgan fingerprint density at radius 2 is 2.20 bits per heavy atom. The van der Waals surface area contributed by atoms with E-state index < -0.39 is 0 Å². The van der Waals surface area contributed by atoms with Gasteiger partial charge in [0.2, 0.25) is 0 Å². The maximum atomic E-state index is 10.8. The fourth-order valence-corrected chi connectivity index (χ4v) is 1.69. The van der Waals surface area contributed by atoms with Crippen LogP contribution in [0.25, 0.3) is 0 Å². The molecule has 1 aromatic heterocycles. The van der Waals surface area contributed by atoms with Crippen molar-refractivity contribution >= 4 is 6.29 Å². The summed E-state index contributed by atoms with van der Waals surface area (Å²) in [6.07, 6.45) is 1.77. The van der Waals surface area contributed by atoms with Gasteiger partial charge in [0.05, 0.1) is 17.3 Å². The van der Waals surface area contributed by atoms with Gasteiger partial charge in [0.1, 0.15) is 0 Å². The molecule has 1 aromatic rings. The summed E-state index contributed by atoms with van der Waals surface area (Å²) in [5.74, 6) is 0. The van der Waals surface area contributed by atoms with E-state index in [4.69, 9.17) is 4.74 Å². The Bertz CT molecular complexity index is 345. The van der Waals surface area contributed by atoms with Crippen LogP contribution in [-0.4, -0.2) is 29.8 Å². The molecule has 0 spiro atoms. The predicted octanol–water partition coefficient (Wildman–Crippen LogP) is 1.91. The Kier molecular flexibility index (Phi) is 4.03. The molecule has 1 unspecified atom stereocenters. The van der Waals surface area contributed by atoms with Gasteiger partial charge in [-0.15, -0.1) is 0 Å². The number of rotatable bonds is 5. The van der Waals surface area contributed by atoms with E-state index in [0.717, 1.165) is 24.1 Å². The van der Waals surface area contributed by atoms with Crippen molar-refractivity contribution in [2.24, 2.45) is 0 Å². The number of aromatic nitrogens is 2. The van der Waals surface area contributed by atoms with Gasteiger partial charge in [0, 0.05) is 19.4 Å². The number of methoxy groups -OCH3 is 1. The van der Waals surface area contributed by atoms with Crippen LogP contribution in [0.15, 0.2) is 0 Å². The first-order valence-corrected chi connectivity index (χ1v) is 5.11. The molecule has 0 aliphatic heterocycles. The van der Waals surface area contributed by atoms with Gasteiger partial charge in [0.15, 0.2) is 6.29 Å². The molecule has 4 nitrogen and oxygen atoms in total. The zero-order chi connectivity index (χ0) is 11.4. The number of carbonyl (C=O) groups excluding carboxylic acids is 1. The number of hydrogen-bond acceptors (Lipinski definition) is 3. The van der Waals surface area contributed by atoms with E-state index in [9.17, 15) is 4.79 Å². The molecule has 0 bridgehead atoms. The topological polar surface area (TPSA) is 44.1 Å². The van der Waals surface area contributed by atoms with Crippen LogP contribution in [0.1, 0.15) is 41.1 Å². The van der Waals surface area contributed by atoms with E-state index in [1.54, 1.807) is 7.11 Å². The molecular formula is C11H18N2O2. The Morgan fingerprint density at radius 3 is 2.67 bits per heavy atom. The second kappa shape index (κ2) is 5.07. The largest absolute Gasteiger partial charge is 0.385 e. The van der Waals surface area contributed by atoms with Crippen LogP contribution in [0, 0.1) is 13.8 Å². The molecule has 15 heavy (non-hydrogen) atoms. The first-order valence-electron chi connectivity index (χ1n) is 5.11. The lowest BCUT2D eigenvalue weighted by atomic mass is 10.2. The number of aryl methyl sites for hydroxylation is 1. The monoisotopic (exact) mass is 210 g/mol. The Labute approximate surface area is 90.2 Å². The highest BCUT2D eigenvalue weighted by molar-refractivity contribution is 5.78. The molecule has 0 saturated heterocycles. The molecule has 1 heterocycles. The van der Waals surface area contributed by atoms with Crippen molar-refractivity contribution in [2.75, 3.05) is 13.7 Å². The lowest BCUT2D eigenvalue weighted by molar-refractivity contribution is 0.112. The second-order valence-electron chi connectivity index (χ2n) is 3.78. The van der Waals surface area contributed by atoms with Crippen molar-refractivity contribution < 1.29 is 9.53 Å². The fourth-order valence-electron chi connectivity index (χ4n) is 1.69. The number of hydrogen-bond donors (Lipinski definition) is 0. The summed E-state index contributed by atoms with van der Waals surface area (Å²) in [5.41, 5.74) is 2.44. The number of nitrogens with zero attached hydrogens (tertiary/aromatic N) is 2. The predicted molar refractivity (Wildman–Crippen MR) is 58.3 cm³/mol. The van der Waals surface area contributed by atoms with Crippen LogP contribution in [0.3, 0.4) is 0 Å². The second-order valence-corrected chi connectivity index (χ2v) is 3.78. The van der Waals surface area contributed by atoms with Crippen molar-refractivity contribution in [3.05, 3.63) is 17.0 Å². The van der Waals surface area contributed by atoms with Crippen LogP contribution in [-0.2, 0) is 4.74 Å². The van der Waals surface area contributed by atoms with Crippen LogP contribution in [0.5, 0.6) is 0 Å². The quantitative estimate of drug-likeness (QED) is 0.697. The molecule has 0 N–H and O–H groups in total. The van der Waals surface area contributed by atoms with Crippen molar-refractivity contribution in [3.63, 3.8) is 0 Å². The molecule has 0 amide bonds. The number of ether oxygens (including phenoxy) is 1. The molecule has 0 saturated carbocycles. The first kappa shape index (κ1) is 11.9. The average molecular weight is 210 g/mol. The normalized spacial score (nSPS) is 12.8. The van der Waals surface area contributed by atoms with Crippen LogP contribution < -0.4 is 0 Å². The lowest BCUT2D eigenvalue weighted by Crippen LogP contribution is -2.11. The zero-order valence-electron chi connectivity index (χ0n) is 9.78. The van der Waals surface area contributed by atoms with Crippen molar-refractivity contribution in [3.8, 4) is 0 Å². The summed E-state index contributed by atoms with van der Waals surface area (Å²) in [6.45, 7) is 6.56. The molecule has 0 aromatic carbocycles. The molecular weight excluding hydrogens is 192 g/mol. The Balaban J connectivity index is 2.89. The van der Waals surface area contributed by atoms with E-state index in [0.29, 0.717) is 12.2 Å². The van der Waals surface area contributed by atoms with Gasteiger partial charge < -0.3 is 4.74 Å². The third-order valence-electron chi connectivity index (χ3n) is 2.66. The van der Waals surface area contributed by atoms with Gasteiger partial charge in [-0.2, -0.15) is 5.10 Å². The maximum absolute atomic E-state index is 10.8. The van der Waals surface area contributed by atoms with Gasteiger partial charge in [-0.1, -0.05) is 0 Å². The summed E-state index contributed by atoms with van der Waals surface area (Å²) in [4.78, 5) is 10.8. The van der Waals surface area contributed by atoms with E-state index in [1.165, 1.54) is 0 Å². The molecule has 4 heteroatoms. The first-order chi connectivity index (χ1) is 7.11. The summed E-state index contributed by atoms with van der Waals surface area (Å²) < 4.78 is 6.93. The van der Waals surface area contributed by atoms with Crippen LogP contribution >= 0.6 is 0 Å². The zero-order valence-corrected chi connectivity index (χ0v) is 9.78. The molecule has 0 aliphatic carbocycles. The molecule has 0 fully saturated rings. The molecule has 1 rings (SSSR count). The summed E-state index contributed by atoms with van der Waals surface area (Å²) >= 11 is 0. The number of carbonyl (C=O) groups is 1. The molecule has 0 aliphatic rings. The molecule has 1 atom stereocenters. The minimum Gasteiger partial charge on any atom is -0.385 e. The SMILES string of the molecule is COCCC(C)n1nc(C)c(C=O)c1C. The Morgan fingerprint density at radius 1 is 1.53 bits per heavy atom. The lowest BCUT2D eigenvalue weighted by Gasteiger charge is -2.13. The van der Waals surface area contributed by atoms with Crippen molar-refractivity contribution in [2.45, 2.75) is 33.2 Å². The highest BCUT2D eigenvalue weighted by Gasteiger charge is 2.14. The number of aldehydes is 1. The highest BCUT2D eigenvalue weighted by Crippen LogP contribution is 2.17. The van der Waals surface area contributed by atoms with E-state index >= 15 is 0 Å². The van der Waals surface area contributed by atoms with Gasteiger partial charge in [-0.3, -0.25) is 9.48 Å². The summed E-state index contributed by atoms with van der Waals surface area (Å²) in [5, 5.41) is 4.36. The van der Waals surface area contributed by atoms with Gasteiger partial charge in [-0.05, 0) is 27.2 Å².